The molecule has 0 aromatic heterocycles. The maximum atomic E-state index is 13.8. The number of ketones is 1. The van der Waals surface area contributed by atoms with Gasteiger partial charge in [-0.1, -0.05) is 18.6 Å². The smallest absolute Gasteiger partial charge is 0.366 e. The topological polar surface area (TPSA) is 147 Å². The summed E-state index contributed by atoms with van der Waals surface area (Å²) < 4.78 is 41.5. The lowest BCUT2D eigenvalue weighted by Gasteiger charge is -2.41. The van der Waals surface area contributed by atoms with Crippen LogP contribution >= 0.6 is 0 Å². The van der Waals surface area contributed by atoms with Crippen LogP contribution in [-0.4, -0.2) is 47.7 Å². The molecule has 1 aromatic rings. The third-order valence-corrected chi connectivity index (χ3v) is 7.53. The standard InChI is InChI=1S/C25H29F3N4O5/c1-12-10-13(21(35)30-12)11-17(19(33)22(36)31-14-6-7-14)15-4-2-5-16(20(29)34)18(15)32-23(37)24(8-3-9-24)25(26,27)28/h2,4-5,12-14,17H,3,6-11H2,1H3,(H2,29,34)(H,30,35)(H,31,36)(H,32,37)/t12-,13-,17+/m1/s1. The molecule has 3 atom stereocenters. The van der Waals surface area contributed by atoms with Gasteiger partial charge < -0.3 is 21.7 Å². The van der Waals surface area contributed by atoms with E-state index in [2.05, 4.69) is 16.0 Å². The summed E-state index contributed by atoms with van der Waals surface area (Å²) in [6.45, 7) is 1.78. The molecule has 2 aliphatic carbocycles. The van der Waals surface area contributed by atoms with Gasteiger partial charge in [-0.15, -0.1) is 0 Å². The molecule has 1 heterocycles. The van der Waals surface area contributed by atoms with E-state index in [0.29, 0.717) is 19.3 Å². The van der Waals surface area contributed by atoms with Crippen LogP contribution in [-0.2, 0) is 19.2 Å². The van der Waals surface area contributed by atoms with Crippen molar-refractivity contribution in [3.8, 4) is 0 Å². The quantitative estimate of drug-likeness (QED) is 0.368. The Morgan fingerprint density at radius 2 is 1.86 bits per heavy atom. The first-order valence-corrected chi connectivity index (χ1v) is 12.3. The summed E-state index contributed by atoms with van der Waals surface area (Å²) in [5.41, 5.74) is 2.16. The second-order valence-corrected chi connectivity index (χ2v) is 10.3. The van der Waals surface area contributed by atoms with Crippen molar-refractivity contribution < 1.29 is 37.1 Å². The number of anilines is 1. The van der Waals surface area contributed by atoms with E-state index in [4.69, 9.17) is 5.73 Å². The number of carbonyl (C=O) groups is 5. The van der Waals surface area contributed by atoms with E-state index in [1.807, 2.05) is 0 Å². The number of Topliss-reactive ketones (excluding diaryl/α,β-unsaturated/α-hetero) is 1. The molecule has 2 saturated carbocycles. The number of nitrogens with two attached hydrogens (primary N) is 1. The van der Waals surface area contributed by atoms with Crippen molar-refractivity contribution >= 4 is 35.1 Å². The van der Waals surface area contributed by atoms with Crippen LogP contribution in [0.5, 0.6) is 0 Å². The zero-order valence-corrected chi connectivity index (χ0v) is 20.2. The average molecular weight is 523 g/mol. The Morgan fingerprint density at radius 3 is 2.35 bits per heavy atom. The highest BCUT2D eigenvalue weighted by Crippen LogP contribution is 2.54. The summed E-state index contributed by atoms with van der Waals surface area (Å²) in [5.74, 6) is -6.49. The highest BCUT2D eigenvalue weighted by Gasteiger charge is 2.63. The molecule has 0 spiro atoms. The molecule has 0 radical (unpaired) electrons. The SMILES string of the molecule is C[C@@H]1C[C@H](C[C@H](C(=O)C(=O)NC2CC2)c2cccc(C(N)=O)c2NC(=O)C2(C(F)(F)F)CCC2)C(=O)N1. The van der Waals surface area contributed by atoms with Gasteiger partial charge in [-0.05, 0) is 57.1 Å². The predicted octanol–water partition coefficient (Wildman–Crippen LogP) is 2.30. The van der Waals surface area contributed by atoms with Crippen LogP contribution < -0.4 is 21.7 Å². The molecular weight excluding hydrogens is 493 g/mol. The summed E-state index contributed by atoms with van der Waals surface area (Å²) in [6, 6.07) is 3.62. The summed E-state index contributed by atoms with van der Waals surface area (Å²) in [7, 11) is 0. The third-order valence-electron chi connectivity index (χ3n) is 7.53. The molecule has 5 N–H and O–H groups in total. The maximum Gasteiger partial charge on any atom is 0.403 e. The molecule has 1 aliphatic heterocycles. The zero-order valence-electron chi connectivity index (χ0n) is 20.2. The van der Waals surface area contributed by atoms with Gasteiger partial charge in [-0.3, -0.25) is 24.0 Å². The van der Waals surface area contributed by atoms with Gasteiger partial charge in [0.15, 0.2) is 0 Å². The van der Waals surface area contributed by atoms with Crippen LogP contribution in [0.25, 0.3) is 0 Å². The van der Waals surface area contributed by atoms with E-state index in [1.54, 1.807) is 6.92 Å². The molecule has 1 aromatic carbocycles. The molecular formula is C25H29F3N4O5. The van der Waals surface area contributed by atoms with Crippen LogP contribution in [0.2, 0.25) is 0 Å². The summed E-state index contributed by atoms with van der Waals surface area (Å²) in [6.07, 6.45) is -3.78. The van der Waals surface area contributed by atoms with E-state index >= 15 is 0 Å². The van der Waals surface area contributed by atoms with Gasteiger partial charge in [-0.2, -0.15) is 13.2 Å². The van der Waals surface area contributed by atoms with E-state index in [0.717, 1.165) is 0 Å². The predicted molar refractivity (Wildman–Crippen MR) is 125 cm³/mol. The monoisotopic (exact) mass is 522 g/mol. The lowest BCUT2D eigenvalue weighted by Crippen LogP contribution is -2.53. The Bertz CT molecular complexity index is 1140. The van der Waals surface area contributed by atoms with Crippen molar-refractivity contribution in [1.29, 1.82) is 0 Å². The van der Waals surface area contributed by atoms with Gasteiger partial charge in [0.05, 0.1) is 17.2 Å². The highest BCUT2D eigenvalue weighted by atomic mass is 19.4. The number of primary amides is 1. The third kappa shape index (κ3) is 5.19. The first kappa shape index (κ1) is 26.6. The second-order valence-electron chi connectivity index (χ2n) is 10.3. The number of benzene rings is 1. The number of halogens is 3. The zero-order chi connectivity index (χ0) is 27.1. The lowest BCUT2D eigenvalue weighted by atomic mass is 9.67. The van der Waals surface area contributed by atoms with Crippen molar-refractivity contribution in [2.45, 2.75) is 76.0 Å². The van der Waals surface area contributed by atoms with Crippen molar-refractivity contribution in [2.75, 3.05) is 5.32 Å². The number of nitrogens with one attached hydrogen (secondary N) is 3. The molecule has 37 heavy (non-hydrogen) atoms. The van der Waals surface area contributed by atoms with Crippen molar-refractivity contribution in [3.05, 3.63) is 29.3 Å². The first-order chi connectivity index (χ1) is 17.3. The molecule has 3 aliphatic rings. The fourth-order valence-electron chi connectivity index (χ4n) is 5.07. The Morgan fingerprint density at radius 1 is 1.19 bits per heavy atom. The Kier molecular flexibility index (Phi) is 7.04. The molecule has 9 nitrogen and oxygen atoms in total. The van der Waals surface area contributed by atoms with Crippen molar-refractivity contribution in [3.63, 3.8) is 0 Å². The summed E-state index contributed by atoms with van der Waals surface area (Å²) >= 11 is 0. The van der Waals surface area contributed by atoms with E-state index in [1.165, 1.54) is 18.2 Å². The largest absolute Gasteiger partial charge is 0.403 e. The van der Waals surface area contributed by atoms with E-state index in [9.17, 15) is 37.1 Å². The minimum atomic E-state index is -4.82. The number of hydrogen-bond donors (Lipinski definition) is 4. The maximum absolute atomic E-state index is 13.8. The number of amides is 4. The minimum Gasteiger partial charge on any atom is -0.366 e. The van der Waals surface area contributed by atoms with Crippen LogP contribution in [0, 0.1) is 11.3 Å². The van der Waals surface area contributed by atoms with Gasteiger partial charge in [0.2, 0.25) is 17.6 Å². The van der Waals surface area contributed by atoms with Crippen LogP contribution in [0.1, 0.15) is 73.7 Å². The number of rotatable bonds is 9. The summed E-state index contributed by atoms with van der Waals surface area (Å²) in [4.78, 5) is 63.8. The Labute approximate surface area is 211 Å². The molecule has 12 heteroatoms. The molecule has 1 saturated heterocycles. The molecule has 0 bridgehead atoms. The van der Waals surface area contributed by atoms with Gasteiger partial charge >= 0.3 is 6.18 Å². The Hall–Kier alpha value is -3.44. The number of hydrogen-bond acceptors (Lipinski definition) is 5. The molecule has 4 rings (SSSR count). The number of alkyl halides is 3. The number of carbonyl (C=O) groups excluding carboxylic acids is 5. The van der Waals surface area contributed by atoms with E-state index < -0.39 is 59.8 Å². The average Bonchev–Trinajstić information content (AvgIpc) is 3.52. The highest BCUT2D eigenvalue weighted by molar-refractivity contribution is 6.38. The van der Waals surface area contributed by atoms with Crippen LogP contribution in [0.15, 0.2) is 18.2 Å². The fourth-order valence-corrected chi connectivity index (χ4v) is 5.07. The van der Waals surface area contributed by atoms with Gasteiger partial charge in [0.1, 0.15) is 5.41 Å². The van der Waals surface area contributed by atoms with Crippen molar-refractivity contribution in [2.24, 2.45) is 17.1 Å². The van der Waals surface area contributed by atoms with Gasteiger partial charge in [0.25, 0.3) is 11.8 Å². The second kappa shape index (κ2) is 9.79. The molecule has 3 fully saturated rings. The lowest BCUT2D eigenvalue weighted by molar-refractivity contribution is -0.240. The normalized spacial score (nSPS) is 23.4. The van der Waals surface area contributed by atoms with Crippen molar-refractivity contribution in [1.82, 2.24) is 10.6 Å². The van der Waals surface area contributed by atoms with E-state index in [-0.39, 0.29) is 47.6 Å². The Balaban J connectivity index is 1.75. The number of para-hydroxylation sites is 1. The summed E-state index contributed by atoms with van der Waals surface area (Å²) in [5, 5.41) is 7.57. The molecule has 4 amide bonds. The van der Waals surface area contributed by atoms with Gasteiger partial charge in [0, 0.05) is 18.0 Å². The molecule has 0 unspecified atom stereocenters. The van der Waals surface area contributed by atoms with Crippen LogP contribution in [0.3, 0.4) is 0 Å². The molecule has 200 valence electrons. The van der Waals surface area contributed by atoms with Gasteiger partial charge in [-0.25, -0.2) is 0 Å². The first-order valence-electron chi connectivity index (χ1n) is 12.3. The fraction of sp³-hybridized carbons (Fsp3) is 0.560. The van der Waals surface area contributed by atoms with Crippen LogP contribution in [0.4, 0.5) is 18.9 Å². The minimum absolute atomic E-state index is 0.0374.